The third-order valence-corrected chi connectivity index (χ3v) is 5.89. The summed E-state index contributed by atoms with van der Waals surface area (Å²) < 4.78 is 4.85. The van der Waals surface area contributed by atoms with Crippen LogP contribution in [-0.4, -0.2) is 29.7 Å². The average molecular weight is 425 g/mol. The summed E-state index contributed by atoms with van der Waals surface area (Å²) in [7, 11) is 1.49. The van der Waals surface area contributed by atoms with E-state index >= 15 is 0 Å². The first-order valence-corrected chi connectivity index (χ1v) is 10.4. The van der Waals surface area contributed by atoms with Crippen molar-refractivity contribution < 1.29 is 9.53 Å². The number of aromatic nitrogens is 1. The normalized spacial score (nSPS) is 18.5. The lowest BCUT2D eigenvalue weighted by molar-refractivity contribution is -0.119. The number of hydrogen-bond acceptors (Lipinski definition) is 5. The molecule has 6 nitrogen and oxygen atoms in total. The van der Waals surface area contributed by atoms with Gasteiger partial charge in [-0.2, -0.15) is 0 Å². The molecule has 2 atom stereocenters. The average Bonchev–Trinajstić information content (AvgIpc) is 3.37. The summed E-state index contributed by atoms with van der Waals surface area (Å²) in [5, 5.41) is 8.96. The lowest BCUT2D eigenvalue weighted by Gasteiger charge is -2.27. The molecular weight excluding hydrogens is 404 g/mol. The predicted octanol–water partition coefficient (Wildman–Crippen LogP) is 3.91. The molecule has 148 valence electrons. The summed E-state index contributed by atoms with van der Waals surface area (Å²) in [6, 6.07) is 17.7. The van der Waals surface area contributed by atoms with Crippen LogP contribution in [0.15, 0.2) is 66.2 Å². The number of thiophene rings is 1. The van der Waals surface area contributed by atoms with E-state index in [1.807, 2.05) is 48.5 Å². The summed E-state index contributed by atoms with van der Waals surface area (Å²) in [6.45, 7) is 0.0219. The van der Waals surface area contributed by atoms with Crippen molar-refractivity contribution in [1.29, 1.82) is 0 Å². The van der Waals surface area contributed by atoms with Gasteiger partial charge in [0.05, 0.1) is 17.8 Å². The molecule has 1 aromatic carbocycles. The number of thiocarbonyl (C=S) groups is 1. The number of anilines is 2. The number of benzene rings is 1. The van der Waals surface area contributed by atoms with Gasteiger partial charge < -0.3 is 20.3 Å². The molecule has 1 aliphatic heterocycles. The molecule has 1 saturated heterocycles. The molecule has 0 unspecified atom stereocenters. The molecule has 1 aliphatic rings. The van der Waals surface area contributed by atoms with Gasteiger partial charge in [-0.05, 0) is 60.1 Å². The Kier molecular flexibility index (Phi) is 5.84. The maximum atomic E-state index is 11.7. The lowest BCUT2D eigenvalue weighted by Crippen LogP contribution is -2.29. The molecule has 3 aromatic rings. The monoisotopic (exact) mass is 424 g/mol. The van der Waals surface area contributed by atoms with E-state index < -0.39 is 0 Å². The first-order chi connectivity index (χ1) is 14.2. The van der Waals surface area contributed by atoms with E-state index in [9.17, 15) is 4.79 Å². The maximum Gasteiger partial charge on any atom is 0.250 e. The van der Waals surface area contributed by atoms with Crippen molar-refractivity contribution >= 4 is 45.9 Å². The van der Waals surface area contributed by atoms with E-state index in [1.54, 1.807) is 17.5 Å². The van der Waals surface area contributed by atoms with Crippen LogP contribution in [-0.2, 0) is 9.53 Å². The van der Waals surface area contributed by atoms with Crippen LogP contribution in [0.3, 0.4) is 0 Å². The zero-order valence-corrected chi connectivity index (χ0v) is 17.4. The van der Waals surface area contributed by atoms with Crippen molar-refractivity contribution in [1.82, 2.24) is 10.3 Å². The number of nitrogens with one attached hydrogen (secondary N) is 2. The molecule has 4 rings (SSSR count). The molecule has 1 fully saturated rings. The highest BCUT2D eigenvalue weighted by Gasteiger charge is 2.41. The van der Waals surface area contributed by atoms with Gasteiger partial charge in [0.15, 0.2) is 5.11 Å². The van der Waals surface area contributed by atoms with Gasteiger partial charge in [0, 0.05) is 29.6 Å². The van der Waals surface area contributed by atoms with E-state index in [1.165, 1.54) is 12.0 Å². The number of methoxy groups -OCH3 is 1. The van der Waals surface area contributed by atoms with Crippen LogP contribution in [0.25, 0.3) is 0 Å². The van der Waals surface area contributed by atoms with Gasteiger partial charge in [-0.3, -0.25) is 9.78 Å². The van der Waals surface area contributed by atoms with E-state index in [4.69, 9.17) is 17.0 Å². The Morgan fingerprint density at radius 3 is 2.72 bits per heavy atom. The van der Waals surface area contributed by atoms with E-state index in [0.29, 0.717) is 10.8 Å². The van der Waals surface area contributed by atoms with Gasteiger partial charge in [-0.15, -0.1) is 11.3 Å². The van der Waals surface area contributed by atoms with Crippen molar-refractivity contribution in [3.63, 3.8) is 0 Å². The standard InChI is InChI=1S/C21H20N4O2S2/c1-27-13-18(26)23-14-7-9-15(10-8-14)25-20(17-6-4-12-29-17)19(24-21(25)28)16-5-2-3-11-22-16/h2-12,19-20H,13H2,1H3,(H,23,26)(H,24,28)/t19-,20+/m0/s1. The molecule has 0 aliphatic carbocycles. The van der Waals surface area contributed by atoms with Gasteiger partial charge in [0.25, 0.3) is 0 Å². The molecule has 0 bridgehead atoms. The van der Waals surface area contributed by atoms with Crippen LogP contribution >= 0.6 is 23.6 Å². The number of amides is 1. The highest BCUT2D eigenvalue weighted by atomic mass is 32.1. The van der Waals surface area contributed by atoms with Crippen LogP contribution in [0.2, 0.25) is 0 Å². The zero-order chi connectivity index (χ0) is 20.2. The zero-order valence-electron chi connectivity index (χ0n) is 15.7. The fourth-order valence-corrected chi connectivity index (χ4v) is 4.61. The Balaban J connectivity index is 1.65. The third-order valence-electron chi connectivity index (χ3n) is 4.64. The Bertz CT molecular complexity index is 978. The summed E-state index contributed by atoms with van der Waals surface area (Å²) in [5.74, 6) is -0.190. The van der Waals surface area contributed by atoms with Crippen LogP contribution < -0.4 is 15.5 Å². The number of rotatable bonds is 6. The number of carbonyl (C=O) groups is 1. The van der Waals surface area contributed by atoms with Crippen molar-refractivity contribution in [3.8, 4) is 0 Å². The molecule has 2 N–H and O–H groups in total. The lowest BCUT2D eigenvalue weighted by atomic mass is 10.0. The highest BCUT2D eigenvalue weighted by molar-refractivity contribution is 7.80. The molecule has 8 heteroatoms. The van der Waals surface area contributed by atoms with Gasteiger partial charge >= 0.3 is 0 Å². The molecule has 0 saturated carbocycles. The summed E-state index contributed by atoms with van der Waals surface area (Å²) in [5.41, 5.74) is 2.60. The second kappa shape index (κ2) is 8.69. The minimum atomic E-state index is -0.190. The van der Waals surface area contributed by atoms with Crippen molar-refractivity contribution in [2.24, 2.45) is 0 Å². The number of pyridine rings is 1. The molecule has 2 aromatic heterocycles. The topological polar surface area (TPSA) is 66.5 Å². The number of hydrogen-bond donors (Lipinski definition) is 2. The molecule has 0 radical (unpaired) electrons. The van der Waals surface area contributed by atoms with Crippen LogP contribution in [0.5, 0.6) is 0 Å². The van der Waals surface area contributed by atoms with E-state index in [0.717, 1.165) is 11.4 Å². The Morgan fingerprint density at radius 1 is 1.24 bits per heavy atom. The highest BCUT2D eigenvalue weighted by Crippen LogP contribution is 2.43. The quantitative estimate of drug-likeness (QED) is 0.585. The first kappa shape index (κ1) is 19.5. The maximum absolute atomic E-state index is 11.7. The largest absolute Gasteiger partial charge is 0.375 e. The first-order valence-electron chi connectivity index (χ1n) is 9.10. The van der Waals surface area contributed by atoms with Crippen molar-refractivity contribution in [3.05, 3.63) is 76.7 Å². The van der Waals surface area contributed by atoms with Crippen LogP contribution in [0.4, 0.5) is 11.4 Å². The summed E-state index contributed by atoms with van der Waals surface area (Å²) >= 11 is 7.39. The second-order valence-electron chi connectivity index (χ2n) is 6.54. The third kappa shape index (κ3) is 4.14. The van der Waals surface area contributed by atoms with Gasteiger partial charge in [0.1, 0.15) is 6.61 Å². The summed E-state index contributed by atoms with van der Waals surface area (Å²) in [6.07, 6.45) is 1.80. The van der Waals surface area contributed by atoms with Crippen LogP contribution in [0, 0.1) is 0 Å². The van der Waals surface area contributed by atoms with Gasteiger partial charge in [0.2, 0.25) is 5.91 Å². The molecule has 3 heterocycles. The minimum Gasteiger partial charge on any atom is -0.375 e. The smallest absolute Gasteiger partial charge is 0.250 e. The summed E-state index contributed by atoms with van der Waals surface area (Å²) in [4.78, 5) is 19.6. The number of ether oxygens (including phenoxy) is 1. The molecule has 1 amide bonds. The van der Waals surface area contributed by atoms with E-state index in [2.05, 4.69) is 32.0 Å². The van der Waals surface area contributed by atoms with Gasteiger partial charge in [-0.1, -0.05) is 12.1 Å². The minimum absolute atomic E-state index is 0.00803. The van der Waals surface area contributed by atoms with E-state index in [-0.39, 0.29) is 24.6 Å². The molecule has 0 spiro atoms. The second-order valence-corrected chi connectivity index (χ2v) is 7.91. The molecule has 29 heavy (non-hydrogen) atoms. The number of nitrogens with zero attached hydrogens (tertiary/aromatic N) is 2. The Hall–Kier alpha value is -2.81. The number of carbonyl (C=O) groups excluding carboxylic acids is 1. The van der Waals surface area contributed by atoms with Crippen LogP contribution in [0.1, 0.15) is 22.7 Å². The van der Waals surface area contributed by atoms with Gasteiger partial charge in [-0.25, -0.2) is 0 Å². The van der Waals surface area contributed by atoms with Crippen molar-refractivity contribution in [2.75, 3.05) is 23.9 Å². The SMILES string of the molecule is COCC(=O)Nc1ccc(N2C(=S)N[C@@H](c3ccccn3)[C@H]2c2cccs2)cc1. The molecular formula is C21H20N4O2S2. The Morgan fingerprint density at radius 2 is 2.07 bits per heavy atom. The Labute approximate surface area is 178 Å². The fraction of sp³-hybridized carbons (Fsp3) is 0.190. The van der Waals surface area contributed by atoms with Crippen molar-refractivity contribution in [2.45, 2.75) is 12.1 Å². The fourth-order valence-electron chi connectivity index (χ4n) is 3.41. The predicted molar refractivity (Wildman–Crippen MR) is 119 cm³/mol.